The minimum atomic E-state index is -4.99. The largest absolute Gasteiger partial charge is 0.416 e. The second kappa shape index (κ2) is 7.31. The predicted octanol–water partition coefficient (Wildman–Crippen LogP) is 3.32. The van der Waals surface area contributed by atoms with Gasteiger partial charge >= 0.3 is 12.4 Å². The van der Waals surface area contributed by atoms with Crippen molar-refractivity contribution in [3.63, 3.8) is 0 Å². The average molecular weight is 396 g/mol. The highest BCUT2D eigenvalue weighted by Crippen LogP contribution is 2.36. The first-order valence-electron chi connectivity index (χ1n) is 8.47. The molecule has 1 aromatic rings. The molecule has 1 aromatic carbocycles. The number of benzene rings is 1. The molecule has 3 rings (SSSR count). The molecule has 1 N–H and O–H groups in total. The number of alkyl halides is 6. The summed E-state index contributed by atoms with van der Waals surface area (Å²) in [6.45, 7) is 2.00. The van der Waals surface area contributed by atoms with Gasteiger partial charge in [0.2, 0.25) is 0 Å². The summed E-state index contributed by atoms with van der Waals surface area (Å²) < 4.78 is 82.9. The zero-order chi connectivity index (χ0) is 19.8. The van der Waals surface area contributed by atoms with Crippen LogP contribution in [0.25, 0.3) is 0 Å². The highest BCUT2D eigenvalue weighted by atomic mass is 19.4. The molecule has 0 spiro atoms. The van der Waals surface area contributed by atoms with Gasteiger partial charge in [-0.2, -0.15) is 26.3 Å². The Kier molecular flexibility index (Phi) is 5.40. The Bertz CT molecular complexity index is 671. The number of halogens is 6. The van der Waals surface area contributed by atoms with Gasteiger partial charge in [-0.1, -0.05) is 0 Å². The number of carbonyl (C=O) groups is 1. The summed E-state index contributed by atoms with van der Waals surface area (Å²) in [6.07, 6.45) is -8.25. The molecule has 2 aliphatic rings. The van der Waals surface area contributed by atoms with Gasteiger partial charge in [0, 0.05) is 24.7 Å². The Morgan fingerprint density at radius 2 is 1.74 bits per heavy atom. The van der Waals surface area contributed by atoms with Crippen molar-refractivity contribution in [2.45, 2.75) is 37.3 Å². The minimum absolute atomic E-state index is 0.00542. The predicted molar refractivity (Wildman–Crippen MR) is 83.1 cm³/mol. The molecule has 2 atom stereocenters. The lowest BCUT2D eigenvalue weighted by Gasteiger charge is -2.35. The third-order valence-corrected chi connectivity index (χ3v) is 4.80. The van der Waals surface area contributed by atoms with Crippen molar-refractivity contribution in [2.24, 2.45) is 0 Å². The fraction of sp³-hybridized carbons (Fsp3) is 0.588. The quantitative estimate of drug-likeness (QED) is 0.798. The SMILES string of the molecule is O=C(NCC1CN2CCCC2CO1)c1cc(C(F)(F)F)cc(C(F)(F)F)c1. The smallest absolute Gasteiger partial charge is 0.373 e. The Morgan fingerprint density at radius 3 is 2.33 bits per heavy atom. The standard InChI is InChI=1S/C17H18F6N2O2/c18-16(19,20)11-4-10(5-12(6-11)17(21,22)23)15(26)24-7-14-8-25-3-1-2-13(25)9-27-14/h4-6,13-14H,1-3,7-9H2,(H,24,26). The van der Waals surface area contributed by atoms with E-state index >= 15 is 0 Å². The van der Waals surface area contributed by atoms with Crippen LogP contribution in [0.15, 0.2) is 18.2 Å². The summed E-state index contributed by atoms with van der Waals surface area (Å²) in [5.41, 5.74) is -3.72. The fourth-order valence-corrected chi connectivity index (χ4v) is 3.40. The summed E-state index contributed by atoms with van der Waals surface area (Å²) in [5.74, 6) is -1.00. The van der Waals surface area contributed by atoms with Gasteiger partial charge in [-0.25, -0.2) is 0 Å². The molecule has 10 heteroatoms. The second-order valence-corrected chi connectivity index (χ2v) is 6.75. The normalized spacial score (nSPS) is 23.9. The van der Waals surface area contributed by atoms with E-state index in [4.69, 9.17) is 4.74 Å². The van der Waals surface area contributed by atoms with Crippen LogP contribution in [0.3, 0.4) is 0 Å². The van der Waals surface area contributed by atoms with Crippen LogP contribution in [-0.2, 0) is 17.1 Å². The number of nitrogens with zero attached hydrogens (tertiary/aromatic N) is 1. The van der Waals surface area contributed by atoms with Gasteiger partial charge in [-0.3, -0.25) is 9.69 Å². The molecule has 150 valence electrons. The van der Waals surface area contributed by atoms with Gasteiger partial charge in [-0.05, 0) is 37.6 Å². The number of hydrogen-bond donors (Lipinski definition) is 1. The number of fused-ring (bicyclic) bond motifs is 1. The van der Waals surface area contributed by atoms with E-state index in [-0.39, 0.29) is 18.7 Å². The summed E-state index contributed by atoms with van der Waals surface area (Å²) in [5, 5.41) is 2.38. The van der Waals surface area contributed by atoms with Crippen LogP contribution in [0, 0.1) is 0 Å². The van der Waals surface area contributed by atoms with Crippen molar-refractivity contribution in [3.8, 4) is 0 Å². The molecule has 0 aliphatic carbocycles. The molecule has 27 heavy (non-hydrogen) atoms. The highest BCUT2D eigenvalue weighted by molar-refractivity contribution is 5.94. The van der Waals surface area contributed by atoms with Gasteiger partial charge in [0.1, 0.15) is 0 Å². The molecular formula is C17H18F6N2O2. The molecule has 0 aromatic heterocycles. The number of morpholine rings is 1. The maximum Gasteiger partial charge on any atom is 0.416 e. The van der Waals surface area contributed by atoms with Gasteiger partial charge in [0.05, 0.1) is 23.8 Å². The molecule has 0 saturated carbocycles. The van der Waals surface area contributed by atoms with Crippen molar-refractivity contribution in [2.75, 3.05) is 26.2 Å². The third kappa shape index (κ3) is 4.73. The lowest BCUT2D eigenvalue weighted by atomic mass is 10.0. The van der Waals surface area contributed by atoms with E-state index in [2.05, 4.69) is 10.2 Å². The Morgan fingerprint density at radius 1 is 1.11 bits per heavy atom. The summed E-state index contributed by atoms with van der Waals surface area (Å²) in [6, 6.07) is 1.18. The number of nitrogens with one attached hydrogen (secondary N) is 1. The molecule has 2 saturated heterocycles. The van der Waals surface area contributed by atoms with Gasteiger partial charge in [0.25, 0.3) is 5.91 Å². The number of carbonyl (C=O) groups excluding carboxylic acids is 1. The number of ether oxygens (including phenoxy) is 1. The van der Waals surface area contributed by atoms with E-state index < -0.39 is 35.0 Å². The molecule has 4 nitrogen and oxygen atoms in total. The molecule has 0 radical (unpaired) electrons. The van der Waals surface area contributed by atoms with Crippen molar-refractivity contribution >= 4 is 5.91 Å². The first kappa shape index (κ1) is 19.9. The Labute approximate surface area is 151 Å². The molecule has 2 fully saturated rings. The van der Waals surface area contributed by atoms with E-state index in [0.29, 0.717) is 31.3 Å². The van der Waals surface area contributed by atoms with Crippen LogP contribution in [0.2, 0.25) is 0 Å². The molecule has 2 aliphatic heterocycles. The first-order valence-corrected chi connectivity index (χ1v) is 8.47. The van der Waals surface area contributed by atoms with Crippen molar-refractivity contribution < 1.29 is 35.9 Å². The summed E-state index contributed by atoms with van der Waals surface area (Å²) >= 11 is 0. The lowest BCUT2D eigenvalue weighted by molar-refractivity contribution is -0.143. The molecular weight excluding hydrogens is 378 g/mol. The third-order valence-electron chi connectivity index (χ3n) is 4.80. The summed E-state index contributed by atoms with van der Waals surface area (Å²) in [7, 11) is 0. The monoisotopic (exact) mass is 396 g/mol. The summed E-state index contributed by atoms with van der Waals surface area (Å²) in [4.78, 5) is 14.4. The van der Waals surface area contributed by atoms with Gasteiger partial charge < -0.3 is 10.1 Å². The van der Waals surface area contributed by atoms with E-state index in [1.807, 2.05) is 0 Å². The molecule has 1 amide bonds. The van der Waals surface area contributed by atoms with Gasteiger partial charge in [-0.15, -0.1) is 0 Å². The van der Waals surface area contributed by atoms with Crippen LogP contribution in [-0.4, -0.2) is 49.2 Å². The maximum atomic E-state index is 12.9. The van der Waals surface area contributed by atoms with Crippen molar-refractivity contribution in [1.29, 1.82) is 0 Å². The molecule has 2 heterocycles. The van der Waals surface area contributed by atoms with E-state index in [1.54, 1.807) is 0 Å². The minimum Gasteiger partial charge on any atom is -0.373 e. The number of amides is 1. The fourth-order valence-electron chi connectivity index (χ4n) is 3.40. The zero-order valence-corrected chi connectivity index (χ0v) is 14.2. The second-order valence-electron chi connectivity index (χ2n) is 6.75. The highest BCUT2D eigenvalue weighted by Gasteiger charge is 2.38. The zero-order valence-electron chi connectivity index (χ0n) is 14.2. The Hall–Kier alpha value is -1.81. The van der Waals surface area contributed by atoms with E-state index in [0.717, 1.165) is 19.4 Å². The van der Waals surface area contributed by atoms with Crippen molar-refractivity contribution in [1.82, 2.24) is 10.2 Å². The first-order chi connectivity index (χ1) is 12.5. The van der Waals surface area contributed by atoms with Crippen LogP contribution in [0.5, 0.6) is 0 Å². The van der Waals surface area contributed by atoms with Crippen LogP contribution >= 0.6 is 0 Å². The molecule has 0 bridgehead atoms. The van der Waals surface area contributed by atoms with Gasteiger partial charge in [0.15, 0.2) is 0 Å². The molecule has 2 unspecified atom stereocenters. The van der Waals surface area contributed by atoms with Crippen LogP contribution < -0.4 is 5.32 Å². The maximum absolute atomic E-state index is 12.9. The number of hydrogen-bond acceptors (Lipinski definition) is 3. The average Bonchev–Trinajstić information content (AvgIpc) is 3.05. The Balaban J connectivity index is 1.70. The topological polar surface area (TPSA) is 41.6 Å². The lowest BCUT2D eigenvalue weighted by Crippen LogP contribution is -2.50. The van der Waals surface area contributed by atoms with Crippen LogP contribution in [0.4, 0.5) is 26.3 Å². The van der Waals surface area contributed by atoms with Crippen molar-refractivity contribution in [3.05, 3.63) is 34.9 Å². The number of rotatable bonds is 3. The van der Waals surface area contributed by atoms with E-state index in [9.17, 15) is 31.1 Å². The van der Waals surface area contributed by atoms with E-state index in [1.165, 1.54) is 0 Å². The van der Waals surface area contributed by atoms with Crippen LogP contribution in [0.1, 0.15) is 34.3 Å².